The Bertz CT molecular complexity index is 583. The fourth-order valence-corrected chi connectivity index (χ4v) is 2.52. The Morgan fingerprint density at radius 2 is 2.10 bits per heavy atom. The average Bonchev–Trinajstić information content (AvgIpc) is 2.34. The molecular formula is C13H11ClF3NO2. The molecule has 1 atom stereocenters. The molecule has 0 bridgehead atoms. The van der Waals surface area contributed by atoms with Crippen LogP contribution in [0.2, 0.25) is 5.02 Å². The van der Waals surface area contributed by atoms with Crippen LogP contribution in [-0.2, 0) is 4.79 Å². The molecule has 1 N–H and O–H groups in total. The first kappa shape index (κ1) is 14.7. The number of rotatable bonds is 2. The van der Waals surface area contributed by atoms with Gasteiger partial charge in [0.25, 0.3) is 0 Å². The lowest BCUT2D eigenvalue weighted by Gasteiger charge is -2.38. The fourth-order valence-electron chi connectivity index (χ4n) is 2.34. The number of benzene rings is 1. The first-order valence-electron chi connectivity index (χ1n) is 5.83. The quantitative estimate of drug-likeness (QED) is 0.908. The second-order valence-corrected chi connectivity index (χ2v) is 4.77. The van der Waals surface area contributed by atoms with Gasteiger partial charge in [0, 0.05) is 17.3 Å². The number of carboxylic acids is 1. The lowest BCUT2D eigenvalue weighted by atomic mass is 9.94. The Labute approximate surface area is 118 Å². The first-order chi connectivity index (χ1) is 9.25. The molecular weight excluding hydrogens is 295 g/mol. The molecule has 1 heterocycles. The Morgan fingerprint density at radius 1 is 1.45 bits per heavy atom. The average molecular weight is 306 g/mol. The van der Waals surface area contributed by atoms with Crippen molar-refractivity contribution in [1.82, 2.24) is 0 Å². The van der Waals surface area contributed by atoms with E-state index in [9.17, 15) is 18.0 Å². The minimum Gasteiger partial charge on any atom is -0.478 e. The van der Waals surface area contributed by atoms with Gasteiger partial charge in [0.05, 0.1) is 5.57 Å². The molecule has 0 saturated carbocycles. The van der Waals surface area contributed by atoms with Gasteiger partial charge in [0.15, 0.2) is 6.04 Å². The van der Waals surface area contributed by atoms with Crippen molar-refractivity contribution in [3.63, 3.8) is 0 Å². The van der Waals surface area contributed by atoms with Crippen LogP contribution >= 0.6 is 11.6 Å². The molecule has 108 valence electrons. The number of hydrogen-bond donors (Lipinski definition) is 1. The van der Waals surface area contributed by atoms with Crippen LogP contribution in [0.3, 0.4) is 0 Å². The van der Waals surface area contributed by atoms with E-state index in [1.165, 1.54) is 18.2 Å². The van der Waals surface area contributed by atoms with Crippen LogP contribution in [0, 0.1) is 0 Å². The number of hydrogen-bond acceptors (Lipinski definition) is 2. The molecule has 1 aromatic rings. The molecule has 0 radical (unpaired) electrons. The minimum absolute atomic E-state index is 0.0312. The minimum atomic E-state index is -4.67. The molecule has 2 rings (SSSR count). The normalized spacial score (nSPS) is 18.6. The maximum absolute atomic E-state index is 13.2. The summed E-state index contributed by atoms with van der Waals surface area (Å²) < 4.78 is 39.6. The summed E-state index contributed by atoms with van der Waals surface area (Å²) in [5.74, 6) is -1.59. The van der Waals surface area contributed by atoms with Gasteiger partial charge in [-0.15, -0.1) is 0 Å². The summed E-state index contributed by atoms with van der Waals surface area (Å²) >= 11 is 5.80. The molecule has 7 heteroatoms. The smallest absolute Gasteiger partial charge is 0.413 e. The third kappa shape index (κ3) is 2.47. The van der Waals surface area contributed by atoms with E-state index in [0.717, 1.165) is 11.0 Å². The summed E-state index contributed by atoms with van der Waals surface area (Å²) in [7, 11) is 0. The van der Waals surface area contributed by atoms with Crippen molar-refractivity contribution in [3.05, 3.63) is 34.4 Å². The van der Waals surface area contributed by atoms with Gasteiger partial charge in [-0.25, -0.2) is 4.79 Å². The van der Waals surface area contributed by atoms with Gasteiger partial charge in [-0.05, 0) is 36.8 Å². The molecule has 0 fully saturated rings. The predicted octanol–water partition coefficient (Wildman–Crippen LogP) is 3.58. The lowest BCUT2D eigenvalue weighted by molar-refractivity contribution is -0.150. The summed E-state index contributed by atoms with van der Waals surface area (Å²) in [6, 6.07) is 2.25. The molecule has 0 aromatic heterocycles. The second-order valence-electron chi connectivity index (χ2n) is 4.34. The van der Waals surface area contributed by atoms with Crippen LogP contribution in [0.1, 0.15) is 12.5 Å². The van der Waals surface area contributed by atoms with Crippen molar-refractivity contribution in [2.24, 2.45) is 0 Å². The molecule has 1 aliphatic heterocycles. The van der Waals surface area contributed by atoms with Gasteiger partial charge < -0.3 is 10.0 Å². The number of carboxylic acid groups (broad SMARTS) is 1. The van der Waals surface area contributed by atoms with E-state index in [1.54, 1.807) is 6.92 Å². The zero-order valence-electron chi connectivity index (χ0n) is 10.4. The summed E-state index contributed by atoms with van der Waals surface area (Å²) in [6.07, 6.45) is -3.63. The third-order valence-electron chi connectivity index (χ3n) is 3.11. The standard InChI is InChI=1S/C13H11ClF3NO2/c1-2-18-10-4-3-8(14)5-7(10)6-9(12(19)20)11(18)13(15,16)17/h3-6,11H,2H2,1H3,(H,19,20). The number of nitrogens with zero attached hydrogens (tertiary/aromatic N) is 1. The van der Waals surface area contributed by atoms with Gasteiger partial charge in [0.2, 0.25) is 0 Å². The van der Waals surface area contributed by atoms with Crippen molar-refractivity contribution < 1.29 is 23.1 Å². The van der Waals surface area contributed by atoms with Crippen molar-refractivity contribution >= 4 is 29.3 Å². The molecule has 0 spiro atoms. The summed E-state index contributed by atoms with van der Waals surface area (Å²) in [5, 5.41) is 9.39. The number of aliphatic carboxylic acids is 1. The molecule has 3 nitrogen and oxygen atoms in total. The van der Waals surface area contributed by atoms with E-state index in [4.69, 9.17) is 16.7 Å². The summed E-state index contributed by atoms with van der Waals surface area (Å²) in [5.41, 5.74) is -0.00408. The van der Waals surface area contributed by atoms with Crippen LogP contribution in [0.4, 0.5) is 18.9 Å². The van der Waals surface area contributed by atoms with E-state index in [-0.39, 0.29) is 6.54 Å². The highest BCUT2D eigenvalue weighted by Crippen LogP contribution is 2.40. The Balaban J connectivity index is 2.67. The molecule has 1 aliphatic rings. The second kappa shape index (κ2) is 5.01. The SMILES string of the molecule is CCN1c2ccc(Cl)cc2C=C(C(=O)O)C1C(F)(F)F. The highest BCUT2D eigenvalue weighted by atomic mass is 35.5. The molecule has 0 aliphatic carbocycles. The van der Waals surface area contributed by atoms with Crippen LogP contribution in [0.15, 0.2) is 23.8 Å². The largest absolute Gasteiger partial charge is 0.478 e. The number of fused-ring (bicyclic) bond motifs is 1. The van der Waals surface area contributed by atoms with Gasteiger partial charge >= 0.3 is 12.1 Å². The number of alkyl halides is 3. The maximum atomic E-state index is 13.2. The van der Waals surface area contributed by atoms with E-state index < -0.39 is 23.8 Å². The molecule has 1 unspecified atom stereocenters. The summed E-state index contributed by atoms with van der Waals surface area (Å²) in [6.45, 7) is 1.57. The van der Waals surface area contributed by atoms with E-state index in [2.05, 4.69) is 0 Å². The van der Waals surface area contributed by atoms with Crippen LogP contribution in [-0.4, -0.2) is 29.8 Å². The van der Waals surface area contributed by atoms with Gasteiger partial charge in [-0.3, -0.25) is 0 Å². The molecule has 20 heavy (non-hydrogen) atoms. The number of carbonyl (C=O) groups is 1. The Morgan fingerprint density at radius 3 is 2.60 bits per heavy atom. The monoisotopic (exact) mass is 305 g/mol. The van der Waals surface area contributed by atoms with E-state index in [1.807, 2.05) is 0 Å². The topological polar surface area (TPSA) is 40.5 Å². The fraction of sp³-hybridized carbons (Fsp3) is 0.308. The Hall–Kier alpha value is -1.69. The van der Waals surface area contributed by atoms with Crippen molar-refractivity contribution in [3.8, 4) is 0 Å². The first-order valence-corrected chi connectivity index (χ1v) is 6.21. The number of anilines is 1. The van der Waals surface area contributed by atoms with Gasteiger partial charge in [0.1, 0.15) is 0 Å². The molecule has 1 aromatic carbocycles. The van der Waals surface area contributed by atoms with Crippen LogP contribution < -0.4 is 4.90 Å². The maximum Gasteiger partial charge on any atom is 0.413 e. The predicted molar refractivity (Wildman–Crippen MR) is 69.9 cm³/mol. The van der Waals surface area contributed by atoms with Gasteiger partial charge in [-0.1, -0.05) is 11.6 Å². The highest BCUT2D eigenvalue weighted by Gasteiger charge is 2.49. The number of likely N-dealkylation sites (N-methyl/N-ethyl adjacent to an activating group) is 1. The zero-order chi connectivity index (χ0) is 15.1. The molecule has 0 amide bonds. The highest BCUT2D eigenvalue weighted by molar-refractivity contribution is 6.30. The molecule has 0 saturated heterocycles. The number of halogens is 4. The van der Waals surface area contributed by atoms with E-state index in [0.29, 0.717) is 16.3 Å². The van der Waals surface area contributed by atoms with Gasteiger partial charge in [-0.2, -0.15) is 13.2 Å². The van der Waals surface area contributed by atoms with Crippen molar-refractivity contribution in [2.45, 2.75) is 19.1 Å². The zero-order valence-corrected chi connectivity index (χ0v) is 11.2. The van der Waals surface area contributed by atoms with Crippen LogP contribution in [0.25, 0.3) is 6.08 Å². The van der Waals surface area contributed by atoms with Crippen molar-refractivity contribution in [2.75, 3.05) is 11.4 Å². The van der Waals surface area contributed by atoms with E-state index >= 15 is 0 Å². The van der Waals surface area contributed by atoms with Crippen LogP contribution in [0.5, 0.6) is 0 Å². The Kier molecular flexibility index (Phi) is 3.69. The van der Waals surface area contributed by atoms with Crippen molar-refractivity contribution in [1.29, 1.82) is 0 Å². The third-order valence-corrected chi connectivity index (χ3v) is 3.35. The summed E-state index contributed by atoms with van der Waals surface area (Å²) in [4.78, 5) is 12.2. The lowest BCUT2D eigenvalue weighted by Crippen LogP contribution is -2.50.